The number of carbonyl (C=O) groups excluding carboxylic acids is 1. The van der Waals surface area contributed by atoms with Gasteiger partial charge in [-0.15, -0.1) is 0 Å². The number of rotatable bonds is 8. The van der Waals surface area contributed by atoms with E-state index in [9.17, 15) is 18.7 Å². The van der Waals surface area contributed by atoms with Crippen LogP contribution < -0.4 is 15.0 Å². The lowest BCUT2D eigenvalue weighted by molar-refractivity contribution is -0.131. The number of carbonyl (C=O) groups is 1. The molecule has 2 saturated heterocycles. The largest absolute Gasteiger partial charge is 0.435 e. The van der Waals surface area contributed by atoms with E-state index < -0.39 is 12.2 Å². The number of piperidine rings is 1. The van der Waals surface area contributed by atoms with E-state index in [0.717, 1.165) is 57.7 Å². The van der Waals surface area contributed by atoms with Crippen molar-refractivity contribution in [3.05, 3.63) is 36.8 Å². The summed E-state index contributed by atoms with van der Waals surface area (Å²) in [5, 5.41) is 17.7. The number of aromatic nitrogens is 5. The van der Waals surface area contributed by atoms with Crippen LogP contribution in [-0.4, -0.2) is 79.0 Å². The van der Waals surface area contributed by atoms with Gasteiger partial charge in [0.25, 0.3) is 0 Å². The first kappa shape index (κ1) is 25.4. The Morgan fingerprint density at radius 2 is 1.92 bits per heavy atom. The molecule has 3 aliphatic rings. The van der Waals surface area contributed by atoms with Crippen LogP contribution in [0.25, 0.3) is 11.4 Å². The zero-order valence-electron chi connectivity index (χ0n) is 21.6. The number of ether oxygens (including phenoxy) is 1. The molecule has 5 heterocycles. The lowest BCUT2D eigenvalue weighted by atomic mass is 9.72. The molecular weight excluding hydrogens is 510 g/mol. The highest BCUT2D eigenvalue weighted by atomic mass is 19.3. The lowest BCUT2D eigenvalue weighted by Crippen LogP contribution is -2.61. The summed E-state index contributed by atoms with van der Waals surface area (Å²) in [6.45, 7) is 2.24. The summed E-state index contributed by atoms with van der Waals surface area (Å²) in [6.07, 6.45) is 8.26. The van der Waals surface area contributed by atoms with Crippen molar-refractivity contribution in [2.45, 2.75) is 51.4 Å². The molecule has 3 fully saturated rings. The Bertz CT molecular complexity index is 1360. The van der Waals surface area contributed by atoms with E-state index in [1.54, 1.807) is 23.9 Å². The molecule has 3 aromatic rings. The molecule has 2 aliphatic heterocycles. The first-order valence-electron chi connectivity index (χ1n) is 13.0. The molecule has 1 saturated carbocycles. The molecule has 0 unspecified atom stereocenters. The minimum atomic E-state index is -2.94. The van der Waals surface area contributed by atoms with E-state index in [0.29, 0.717) is 29.6 Å². The van der Waals surface area contributed by atoms with Gasteiger partial charge in [0.2, 0.25) is 5.91 Å². The lowest BCUT2D eigenvalue weighted by Gasteiger charge is -2.54. The molecule has 13 heteroatoms. The Kier molecular flexibility index (Phi) is 6.32. The van der Waals surface area contributed by atoms with Crippen molar-refractivity contribution in [1.82, 2.24) is 29.6 Å². The van der Waals surface area contributed by atoms with Crippen molar-refractivity contribution < 1.29 is 23.4 Å². The summed E-state index contributed by atoms with van der Waals surface area (Å²) in [6, 6.07) is 4.54. The molecule has 0 radical (unpaired) electrons. The van der Waals surface area contributed by atoms with Gasteiger partial charge in [-0.1, -0.05) is 0 Å². The zero-order valence-corrected chi connectivity index (χ0v) is 21.6. The van der Waals surface area contributed by atoms with Crippen LogP contribution in [0.3, 0.4) is 0 Å². The smallest absolute Gasteiger partial charge is 0.387 e. The number of likely N-dealkylation sites (tertiary alicyclic amines) is 1. The fourth-order valence-electron chi connectivity index (χ4n) is 5.28. The van der Waals surface area contributed by atoms with Crippen LogP contribution in [0.15, 0.2) is 36.8 Å². The van der Waals surface area contributed by atoms with Crippen LogP contribution in [0.5, 0.6) is 5.75 Å². The third-order valence-electron chi connectivity index (χ3n) is 7.75. The molecular formula is C26H30F2N8O3. The van der Waals surface area contributed by atoms with Crippen LogP contribution >= 0.6 is 0 Å². The highest BCUT2D eigenvalue weighted by Crippen LogP contribution is 2.43. The van der Waals surface area contributed by atoms with Crippen LogP contribution in [0.2, 0.25) is 0 Å². The quantitative estimate of drug-likeness (QED) is 0.444. The number of hydrogen-bond donors (Lipinski definition) is 2. The van der Waals surface area contributed by atoms with Gasteiger partial charge in [-0.3, -0.25) is 9.48 Å². The second kappa shape index (κ2) is 9.70. The maximum Gasteiger partial charge on any atom is 0.387 e. The van der Waals surface area contributed by atoms with Gasteiger partial charge in [0.15, 0.2) is 5.82 Å². The Morgan fingerprint density at radius 1 is 1.15 bits per heavy atom. The number of halogens is 2. The number of nitrogens with one attached hydrogen (secondary N) is 1. The molecule has 11 nitrogen and oxygen atoms in total. The number of alkyl halides is 2. The average molecular weight is 541 g/mol. The molecule has 39 heavy (non-hydrogen) atoms. The highest BCUT2D eigenvalue weighted by Gasteiger charge is 2.46. The SMILES string of the molecule is CC(=O)N1CCC2(CC1)CN(c1cc(Nc3cc(OC(F)F)ccn3)nc(-c3cnn(CC4(O)CC4)c3)n1)C2. The molecule has 1 amide bonds. The number of amides is 1. The van der Waals surface area contributed by atoms with E-state index in [2.05, 4.69) is 30.0 Å². The molecule has 3 aromatic heterocycles. The normalized spacial score (nSPS) is 19.2. The van der Waals surface area contributed by atoms with Gasteiger partial charge in [-0.25, -0.2) is 15.0 Å². The van der Waals surface area contributed by atoms with Crippen molar-refractivity contribution in [2.24, 2.45) is 5.41 Å². The summed E-state index contributed by atoms with van der Waals surface area (Å²) in [7, 11) is 0. The third-order valence-corrected chi connectivity index (χ3v) is 7.75. The fourth-order valence-corrected chi connectivity index (χ4v) is 5.28. The second-order valence-corrected chi connectivity index (χ2v) is 10.8. The summed E-state index contributed by atoms with van der Waals surface area (Å²) in [5.41, 5.74) is 0.147. The van der Waals surface area contributed by atoms with Gasteiger partial charge >= 0.3 is 6.61 Å². The summed E-state index contributed by atoms with van der Waals surface area (Å²) >= 11 is 0. The van der Waals surface area contributed by atoms with E-state index in [-0.39, 0.29) is 17.1 Å². The minimum absolute atomic E-state index is 0.0159. The summed E-state index contributed by atoms with van der Waals surface area (Å²) in [4.78, 5) is 29.5. The molecule has 0 bridgehead atoms. The Hall–Kier alpha value is -3.87. The predicted molar refractivity (Wildman–Crippen MR) is 138 cm³/mol. The molecule has 0 aromatic carbocycles. The van der Waals surface area contributed by atoms with E-state index in [1.807, 2.05) is 11.1 Å². The van der Waals surface area contributed by atoms with Gasteiger partial charge in [0, 0.05) is 63.0 Å². The monoisotopic (exact) mass is 540 g/mol. The van der Waals surface area contributed by atoms with Gasteiger partial charge in [-0.05, 0) is 31.7 Å². The van der Waals surface area contributed by atoms with E-state index in [4.69, 9.17) is 4.98 Å². The highest BCUT2D eigenvalue weighted by molar-refractivity contribution is 5.73. The van der Waals surface area contributed by atoms with Crippen LogP contribution in [0.1, 0.15) is 32.6 Å². The van der Waals surface area contributed by atoms with E-state index >= 15 is 0 Å². The van der Waals surface area contributed by atoms with Crippen molar-refractivity contribution >= 4 is 23.4 Å². The number of nitrogens with zero attached hydrogens (tertiary/aromatic N) is 7. The van der Waals surface area contributed by atoms with Gasteiger partial charge < -0.3 is 25.0 Å². The maximum absolute atomic E-state index is 12.7. The molecule has 0 atom stereocenters. The Balaban J connectivity index is 1.25. The Morgan fingerprint density at radius 3 is 2.62 bits per heavy atom. The topological polar surface area (TPSA) is 122 Å². The van der Waals surface area contributed by atoms with Crippen LogP contribution in [0.4, 0.5) is 26.2 Å². The molecule has 206 valence electrons. The Labute approximate surface area is 223 Å². The predicted octanol–water partition coefficient (Wildman–Crippen LogP) is 3.05. The number of hydrogen-bond acceptors (Lipinski definition) is 9. The molecule has 1 spiro atoms. The van der Waals surface area contributed by atoms with Gasteiger partial charge in [-0.2, -0.15) is 13.9 Å². The van der Waals surface area contributed by atoms with Crippen molar-refractivity contribution in [3.8, 4) is 17.1 Å². The molecule has 6 rings (SSSR count). The van der Waals surface area contributed by atoms with Crippen LogP contribution in [0, 0.1) is 5.41 Å². The zero-order chi connectivity index (χ0) is 27.2. The first-order chi connectivity index (χ1) is 18.7. The summed E-state index contributed by atoms with van der Waals surface area (Å²) < 4.78 is 31.6. The molecule has 2 N–H and O–H groups in total. The van der Waals surface area contributed by atoms with Crippen molar-refractivity contribution in [1.29, 1.82) is 0 Å². The van der Waals surface area contributed by atoms with E-state index in [1.165, 1.54) is 18.3 Å². The third kappa shape index (κ3) is 5.63. The molecule has 1 aliphatic carbocycles. The van der Waals surface area contributed by atoms with Crippen molar-refractivity contribution in [2.75, 3.05) is 36.4 Å². The van der Waals surface area contributed by atoms with Crippen LogP contribution in [-0.2, 0) is 11.3 Å². The standard InChI is InChI=1S/C26H30F2N8O3/c1-17(37)34-8-5-25(6-9-34)14-35(15-25)22-11-21(31-20-10-19(2-7-29-20)39-24(27)28)32-23(33-22)18-12-30-36(13-18)16-26(38)3-4-26/h2,7,10-13,24,38H,3-6,8-9,14-16H2,1H3,(H,29,31,32,33). The van der Waals surface area contributed by atoms with Gasteiger partial charge in [0.05, 0.1) is 23.9 Å². The minimum Gasteiger partial charge on any atom is -0.435 e. The summed E-state index contributed by atoms with van der Waals surface area (Å²) in [5.74, 6) is 2.00. The second-order valence-electron chi connectivity index (χ2n) is 10.8. The van der Waals surface area contributed by atoms with Gasteiger partial charge in [0.1, 0.15) is 23.2 Å². The fraction of sp³-hybridized carbons (Fsp3) is 0.500. The number of aliphatic hydroxyl groups is 1. The average Bonchev–Trinajstić information content (AvgIpc) is 3.41. The number of pyridine rings is 1. The maximum atomic E-state index is 12.7. The number of anilines is 3. The van der Waals surface area contributed by atoms with Crippen molar-refractivity contribution in [3.63, 3.8) is 0 Å². The first-order valence-corrected chi connectivity index (χ1v) is 13.0.